The first-order valence-electron chi connectivity index (χ1n) is 6.66. The van der Waals surface area contributed by atoms with Gasteiger partial charge in [-0.2, -0.15) is 0 Å². The lowest BCUT2D eigenvalue weighted by atomic mass is 10.0. The average molecular weight is 264 g/mol. The fraction of sp³-hybridized carbons (Fsp3) is 0.500. The molecule has 1 aromatic carbocycles. The second kappa shape index (κ2) is 5.93. The van der Waals surface area contributed by atoms with Gasteiger partial charge in [-0.15, -0.1) is 0 Å². The zero-order valence-corrected chi connectivity index (χ0v) is 10.8. The van der Waals surface area contributed by atoms with Crippen LogP contribution in [0.25, 0.3) is 0 Å². The van der Waals surface area contributed by atoms with Crippen LogP contribution < -0.4 is 11.1 Å². The molecule has 0 heterocycles. The molecule has 1 amide bonds. The number of phenols is 2. The third-order valence-corrected chi connectivity index (χ3v) is 3.61. The molecule has 1 aromatic rings. The molecule has 104 valence electrons. The summed E-state index contributed by atoms with van der Waals surface area (Å²) in [6.07, 6.45) is 5.07. The van der Waals surface area contributed by atoms with Gasteiger partial charge in [0.2, 0.25) is 0 Å². The van der Waals surface area contributed by atoms with Crippen molar-refractivity contribution < 1.29 is 15.0 Å². The zero-order valence-electron chi connectivity index (χ0n) is 10.8. The van der Waals surface area contributed by atoms with Crippen LogP contribution in [0.1, 0.15) is 42.5 Å². The summed E-state index contributed by atoms with van der Waals surface area (Å²) in [6, 6.07) is 3.85. The van der Waals surface area contributed by atoms with Gasteiger partial charge in [-0.25, -0.2) is 0 Å². The predicted octanol–water partition coefficient (Wildman–Crippen LogP) is 1.49. The lowest BCUT2D eigenvalue weighted by Gasteiger charge is -2.22. The molecule has 1 aliphatic rings. The van der Waals surface area contributed by atoms with E-state index in [4.69, 9.17) is 5.73 Å². The minimum Gasteiger partial charge on any atom is -0.508 e. The Kier molecular flexibility index (Phi) is 4.27. The highest BCUT2D eigenvalue weighted by Gasteiger charge is 2.23. The van der Waals surface area contributed by atoms with E-state index in [0.717, 1.165) is 38.2 Å². The van der Waals surface area contributed by atoms with Crippen molar-refractivity contribution in [1.82, 2.24) is 5.32 Å². The standard InChI is InChI=1S/C14H20N2O3/c15-11-4-2-1-3-5-12(11)16-14(19)10-7-6-9(17)8-13(10)18/h6-8,11-12,17-18H,1-5,15H2,(H,16,19). The molecule has 5 N–H and O–H groups in total. The van der Waals surface area contributed by atoms with Crippen LogP contribution in [-0.4, -0.2) is 28.2 Å². The highest BCUT2D eigenvalue weighted by molar-refractivity contribution is 5.97. The smallest absolute Gasteiger partial charge is 0.255 e. The number of aromatic hydroxyl groups is 2. The second-order valence-electron chi connectivity index (χ2n) is 5.08. The van der Waals surface area contributed by atoms with Gasteiger partial charge >= 0.3 is 0 Å². The number of rotatable bonds is 2. The number of phenolic OH excluding ortho intramolecular Hbond substituents is 2. The largest absolute Gasteiger partial charge is 0.508 e. The van der Waals surface area contributed by atoms with Crippen molar-refractivity contribution in [3.05, 3.63) is 23.8 Å². The highest BCUT2D eigenvalue weighted by Crippen LogP contribution is 2.23. The van der Waals surface area contributed by atoms with Crippen molar-refractivity contribution >= 4 is 5.91 Å². The van der Waals surface area contributed by atoms with Crippen LogP contribution in [0.15, 0.2) is 18.2 Å². The van der Waals surface area contributed by atoms with Crippen molar-refractivity contribution in [2.24, 2.45) is 5.73 Å². The molecule has 2 unspecified atom stereocenters. The van der Waals surface area contributed by atoms with Crippen LogP contribution in [-0.2, 0) is 0 Å². The molecule has 5 heteroatoms. The van der Waals surface area contributed by atoms with E-state index in [1.54, 1.807) is 0 Å². The Morgan fingerprint density at radius 1 is 1.21 bits per heavy atom. The summed E-state index contributed by atoms with van der Waals surface area (Å²) in [5.74, 6) is -0.639. The topological polar surface area (TPSA) is 95.6 Å². The molecule has 0 radical (unpaired) electrons. The van der Waals surface area contributed by atoms with E-state index in [2.05, 4.69) is 5.32 Å². The number of amides is 1. The third-order valence-electron chi connectivity index (χ3n) is 3.61. The summed E-state index contributed by atoms with van der Waals surface area (Å²) in [6.45, 7) is 0. The molecule has 0 saturated heterocycles. The van der Waals surface area contributed by atoms with Crippen LogP contribution in [0.5, 0.6) is 11.5 Å². The summed E-state index contributed by atoms with van der Waals surface area (Å²) < 4.78 is 0. The third kappa shape index (κ3) is 3.38. The van der Waals surface area contributed by atoms with E-state index in [-0.39, 0.29) is 35.1 Å². The van der Waals surface area contributed by atoms with E-state index in [1.807, 2.05) is 0 Å². The molecular weight excluding hydrogens is 244 g/mol. The number of hydrogen-bond acceptors (Lipinski definition) is 4. The fourth-order valence-electron chi connectivity index (χ4n) is 2.47. The summed E-state index contributed by atoms with van der Waals surface area (Å²) in [5.41, 5.74) is 6.21. The molecule has 2 rings (SSSR count). The van der Waals surface area contributed by atoms with E-state index in [9.17, 15) is 15.0 Å². The number of nitrogens with two attached hydrogens (primary N) is 1. The summed E-state index contributed by atoms with van der Waals surface area (Å²) in [4.78, 5) is 12.1. The van der Waals surface area contributed by atoms with Gasteiger partial charge < -0.3 is 21.3 Å². The molecule has 19 heavy (non-hydrogen) atoms. The van der Waals surface area contributed by atoms with Gasteiger partial charge in [-0.1, -0.05) is 19.3 Å². The van der Waals surface area contributed by atoms with E-state index >= 15 is 0 Å². The van der Waals surface area contributed by atoms with Gasteiger partial charge in [0, 0.05) is 18.2 Å². The molecule has 5 nitrogen and oxygen atoms in total. The molecule has 1 aliphatic carbocycles. The Bertz CT molecular complexity index is 462. The van der Waals surface area contributed by atoms with Crippen molar-refractivity contribution in [1.29, 1.82) is 0 Å². The zero-order chi connectivity index (χ0) is 13.8. The molecule has 0 aliphatic heterocycles. The van der Waals surface area contributed by atoms with E-state index in [0.29, 0.717) is 0 Å². The fourth-order valence-corrected chi connectivity index (χ4v) is 2.47. The van der Waals surface area contributed by atoms with Crippen LogP contribution in [0.4, 0.5) is 0 Å². The maximum Gasteiger partial charge on any atom is 0.255 e. The maximum absolute atomic E-state index is 12.1. The first-order valence-corrected chi connectivity index (χ1v) is 6.66. The van der Waals surface area contributed by atoms with Gasteiger partial charge in [0.15, 0.2) is 0 Å². The molecule has 0 spiro atoms. The van der Waals surface area contributed by atoms with Crippen LogP contribution in [0, 0.1) is 0 Å². The molecule has 2 atom stereocenters. The Balaban J connectivity index is 2.07. The molecular formula is C14H20N2O3. The van der Waals surface area contributed by atoms with Crippen molar-refractivity contribution in [3.63, 3.8) is 0 Å². The normalized spacial score (nSPS) is 23.6. The number of hydrogen-bond donors (Lipinski definition) is 4. The van der Waals surface area contributed by atoms with E-state index < -0.39 is 0 Å². The summed E-state index contributed by atoms with van der Waals surface area (Å²) >= 11 is 0. The summed E-state index contributed by atoms with van der Waals surface area (Å²) in [7, 11) is 0. The number of nitrogens with one attached hydrogen (secondary N) is 1. The van der Waals surface area contributed by atoms with Crippen LogP contribution in [0.2, 0.25) is 0 Å². The van der Waals surface area contributed by atoms with Gasteiger partial charge in [-0.3, -0.25) is 4.79 Å². The van der Waals surface area contributed by atoms with Gasteiger partial charge in [0.1, 0.15) is 11.5 Å². The Morgan fingerprint density at radius 2 is 1.95 bits per heavy atom. The SMILES string of the molecule is NC1CCCCCC1NC(=O)c1ccc(O)cc1O. The van der Waals surface area contributed by atoms with Crippen LogP contribution in [0.3, 0.4) is 0 Å². The Morgan fingerprint density at radius 3 is 2.68 bits per heavy atom. The molecule has 0 aromatic heterocycles. The number of carbonyl (C=O) groups excluding carboxylic acids is 1. The lowest BCUT2D eigenvalue weighted by Crippen LogP contribution is -2.46. The lowest BCUT2D eigenvalue weighted by molar-refractivity contribution is 0.0926. The van der Waals surface area contributed by atoms with Gasteiger partial charge in [-0.05, 0) is 25.0 Å². The molecule has 1 saturated carbocycles. The monoisotopic (exact) mass is 264 g/mol. The van der Waals surface area contributed by atoms with Gasteiger partial charge in [0.05, 0.1) is 5.56 Å². The Hall–Kier alpha value is -1.75. The van der Waals surface area contributed by atoms with Crippen molar-refractivity contribution in [2.45, 2.75) is 44.2 Å². The predicted molar refractivity (Wildman–Crippen MR) is 72.1 cm³/mol. The van der Waals surface area contributed by atoms with E-state index in [1.165, 1.54) is 12.1 Å². The maximum atomic E-state index is 12.1. The van der Waals surface area contributed by atoms with Gasteiger partial charge in [0.25, 0.3) is 5.91 Å². The minimum atomic E-state index is -0.347. The second-order valence-corrected chi connectivity index (χ2v) is 5.08. The first-order chi connectivity index (χ1) is 9.08. The molecule has 0 bridgehead atoms. The number of benzene rings is 1. The van der Waals surface area contributed by atoms with Crippen LogP contribution >= 0.6 is 0 Å². The quantitative estimate of drug-likeness (QED) is 0.608. The average Bonchev–Trinajstić information content (AvgIpc) is 2.55. The van der Waals surface area contributed by atoms with Crippen molar-refractivity contribution in [2.75, 3.05) is 0 Å². The van der Waals surface area contributed by atoms with Crippen molar-refractivity contribution in [3.8, 4) is 11.5 Å². The minimum absolute atomic E-state index is 0.0364. The highest BCUT2D eigenvalue weighted by atomic mass is 16.3. The number of carbonyl (C=O) groups is 1. The summed E-state index contributed by atoms with van der Waals surface area (Å²) in [5, 5.41) is 21.7. The first kappa shape index (κ1) is 13.7. The molecule has 1 fully saturated rings. The Labute approximate surface area is 112 Å².